The van der Waals surface area contributed by atoms with E-state index in [1.807, 2.05) is 36.4 Å². The number of benzene rings is 1. The summed E-state index contributed by atoms with van der Waals surface area (Å²) in [6.07, 6.45) is 5.09. The summed E-state index contributed by atoms with van der Waals surface area (Å²) >= 11 is 0. The second-order valence-electron chi connectivity index (χ2n) is 6.33. The van der Waals surface area contributed by atoms with Gasteiger partial charge in [-0.3, -0.25) is 4.98 Å². The first kappa shape index (κ1) is 17.0. The lowest BCUT2D eigenvalue weighted by Crippen LogP contribution is -2.36. The van der Waals surface area contributed by atoms with Crippen molar-refractivity contribution in [2.45, 2.75) is 18.9 Å². The van der Waals surface area contributed by atoms with Crippen LogP contribution >= 0.6 is 0 Å². The van der Waals surface area contributed by atoms with Crippen LogP contribution in [0.4, 0.5) is 4.79 Å². The quantitative estimate of drug-likeness (QED) is 0.767. The van der Waals surface area contributed by atoms with E-state index < -0.39 is 6.03 Å². The van der Waals surface area contributed by atoms with Gasteiger partial charge in [0.25, 0.3) is 0 Å². The topological polar surface area (TPSA) is 99.2 Å². The van der Waals surface area contributed by atoms with E-state index >= 15 is 0 Å². The molecule has 1 atom stereocenters. The minimum atomic E-state index is -0.438. The van der Waals surface area contributed by atoms with Gasteiger partial charge in [0.2, 0.25) is 0 Å². The smallest absolute Gasteiger partial charge is 0.315 e. The molecule has 27 heavy (non-hydrogen) atoms. The van der Waals surface area contributed by atoms with Gasteiger partial charge in [0, 0.05) is 24.5 Å². The van der Waals surface area contributed by atoms with E-state index in [0.29, 0.717) is 18.2 Å². The maximum absolute atomic E-state index is 11.9. The van der Waals surface area contributed by atoms with E-state index in [9.17, 15) is 4.79 Å². The molecule has 1 aromatic carbocycles. The van der Waals surface area contributed by atoms with E-state index in [-0.39, 0.29) is 6.04 Å². The zero-order valence-electron chi connectivity index (χ0n) is 14.9. The summed E-state index contributed by atoms with van der Waals surface area (Å²) in [5.41, 5.74) is 7.28. The number of ether oxygens (including phenoxy) is 1. The van der Waals surface area contributed by atoms with Gasteiger partial charge in [-0.15, -0.1) is 5.10 Å². The first-order chi connectivity index (χ1) is 13.2. The number of methoxy groups -OCH3 is 1. The zero-order valence-corrected chi connectivity index (χ0v) is 14.9. The van der Waals surface area contributed by atoms with Crippen molar-refractivity contribution in [3.8, 4) is 22.8 Å². The van der Waals surface area contributed by atoms with Gasteiger partial charge in [0.1, 0.15) is 5.75 Å². The summed E-state index contributed by atoms with van der Waals surface area (Å²) in [7, 11) is 1.63. The minimum absolute atomic E-state index is 0.201. The number of urea groups is 1. The lowest BCUT2D eigenvalue weighted by molar-refractivity contribution is 0.200. The molecule has 0 radical (unpaired) electrons. The molecule has 0 spiro atoms. The van der Waals surface area contributed by atoms with Gasteiger partial charge in [-0.25, -0.2) is 14.5 Å². The van der Waals surface area contributed by atoms with Crippen LogP contribution in [0.5, 0.6) is 5.75 Å². The SMILES string of the molecule is COc1ccc(-n2nc(-c3ccncc3)nc2C2CCCN2C(N)=O)cc1. The van der Waals surface area contributed by atoms with Crippen LogP contribution < -0.4 is 10.5 Å². The molecule has 4 rings (SSSR count). The number of nitrogens with two attached hydrogens (primary N) is 1. The summed E-state index contributed by atoms with van der Waals surface area (Å²) < 4.78 is 7.02. The third-order valence-corrected chi connectivity index (χ3v) is 4.72. The largest absolute Gasteiger partial charge is 0.497 e. The summed E-state index contributed by atoms with van der Waals surface area (Å²) in [5.74, 6) is 2.04. The Labute approximate surface area is 156 Å². The highest BCUT2D eigenvalue weighted by molar-refractivity contribution is 5.73. The van der Waals surface area contributed by atoms with Crippen LogP contribution in [0.3, 0.4) is 0 Å². The Balaban J connectivity index is 1.82. The molecule has 138 valence electrons. The van der Waals surface area contributed by atoms with Gasteiger partial charge < -0.3 is 15.4 Å². The Morgan fingerprint density at radius 1 is 1.19 bits per heavy atom. The van der Waals surface area contributed by atoms with Gasteiger partial charge in [-0.05, 0) is 49.2 Å². The molecule has 1 saturated heterocycles. The second-order valence-corrected chi connectivity index (χ2v) is 6.33. The lowest BCUT2D eigenvalue weighted by Gasteiger charge is -2.22. The van der Waals surface area contributed by atoms with Crippen LogP contribution in [-0.2, 0) is 0 Å². The maximum atomic E-state index is 11.9. The Hall–Kier alpha value is -3.42. The predicted molar refractivity (Wildman–Crippen MR) is 99.4 cm³/mol. The molecule has 3 aromatic rings. The van der Waals surface area contributed by atoms with Crippen molar-refractivity contribution < 1.29 is 9.53 Å². The number of primary amides is 1. The molecule has 0 bridgehead atoms. The number of carbonyl (C=O) groups excluding carboxylic acids is 1. The molecule has 1 aliphatic heterocycles. The number of hydrogen-bond donors (Lipinski definition) is 1. The van der Waals surface area contributed by atoms with Gasteiger partial charge in [0.15, 0.2) is 11.6 Å². The molecule has 8 nitrogen and oxygen atoms in total. The number of hydrogen-bond acceptors (Lipinski definition) is 5. The second kappa shape index (κ2) is 7.06. The van der Waals surface area contributed by atoms with Crippen molar-refractivity contribution >= 4 is 6.03 Å². The molecule has 2 N–H and O–H groups in total. The third kappa shape index (κ3) is 3.21. The monoisotopic (exact) mass is 364 g/mol. The van der Waals surface area contributed by atoms with E-state index in [1.165, 1.54) is 0 Å². The fraction of sp³-hybridized carbons (Fsp3) is 0.263. The average Bonchev–Trinajstić information content (AvgIpc) is 3.36. The zero-order chi connectivity index (χ0) is 18.8. The molecule has 1 unspecified atom stereocenters. The molecule has 0 aliphatic carbocycles. The van der Waals surface area contributed by atoms with E-state index in [4.69, 9.17) is 20.6 Å². The van der Waals surface area contributed by atoms with Gasteiger partial charge in [-0.2, -0.15) is 0 Å². The van der Waals surface area contributed by atoms with Crippen molar-refractivity contribution in [2.24, 2.45) is 5.73 Å². The minimum Gasteiger partial charge on any atom is -0.497 e. The average molecular weight is 364 g/mol. The van der Waals surface area contributed by atoms with Crippen LogP contribution in [-0.4, -0.2) is 44.3 Å². The Morgan fingerprint density at radius 2 is 1.93 bits per heavy atom. The Morgan fingerprint density at radius 3 is 2.59 bits per heavy atom. The van der Waals surface area contributed by atoms with Gasteiger partial charge in [0.05, 0.1) is 18.8 Å². The van der Waals surface area contributed by atoms with Crippen LogP contribution in [0.2, 0.25) is 0 Å². The van der Waals surface area contributed by atoms with Crippen molar-refractivity contribution in [3.63, 3.8) is 0 Å². The van der Waals surface area contributed by atoms with Crippen molar-refractivity contribution in [3.05, 3.63) is 54.6 Å². The fourth-order valence-electron chi connectivity index (χ4n) is 3.38. The maximum Gasteiger partial charge on any atom is 0.315 e. The Bertz CT molecular complexity index is 939. The Kier molecular flexibility index (Phi) is 4.45. The van der Waals surface area contributed by atoms with Crippen molar-refractivity contribution in [1.29, 1.82) is 0 Å². The number of rotatable bonds is 4. The van der Waals surface area contributed by atoms with E-state index in [2.05, 4.69) is 4.98 Å². The standard InChI is InChI=1S/C19H20N6O2/c1-27-15-6-4-14(5-7-15)25-18(16-3-2-12-24(16)19(20)26)22-17(23-25)13-8-10-21-11-9-13/h4-11,16H,2-3,12H2,1H3,(H2,20,26). The number of pyridine rings is 1. The highest BCUT2D eigenvalue weighted by Crippen LogP contribution is 2.33. The van der Waals surface area contributed by atoms with Gasteiger partial charge in [-0.1, -0.05) is 0 Å². The highest BCUT2D eigenvalue weighted by atomic mass is 16.5. The van der Waals surface area contributed by atoms with E-state index in [1.54, 1.807) is 29.1 Å². The normalized spacial score (nSPS) is 16.5. The number of aromatic nitrogens is 4. The molecule has 3 heterocycles. The summed E-state index contributed by atoms with van der Waals surface area (Å²) in [6.45, 7) is 0.625. The summed E-state index contributed by atoms with van der Waals surface area (Å²) in [5, 5.41) is 4.70. The lowest BCUT2D eigenvalue weighted by atomic mass is 10.2. The van der Waals surface area contributed by atoms with Crippen LogP contribution in [0.1, 0.15) is 24.7 Å². The molecule has 2 aromatic heterocycles. The summed E-state index contributed by atoms with van der Waals surface area (Å²) in [4.78, 5) is 22.3. The third-order valence-electron chi connectivity index (χ3n) is 4.72. The predicted octanol–water partition coefficient (Wildman–Crippen LogP) is 2.55. The fourth-order valence-corrected chi connectivity index (χ4v) is 3.38. The van der Waals surface area contributed by atoms with Crippen molar-refractivity contribution in [2.75, 3.05) is 13.7 Å². The molecule has 1 fully saturated rings. The van der Waals surface area contributed by atoms with Crippen LogP contribution in [0, 0.1) is 0 Å². The molecular formula is C19H20N6O2. The molecule has 2 amide bonds. The molecule has 8 heteroatoms. The number of likely N-dealkylation sites (tertiary alicyclic amines) is 1. The molecular weight excluding hydrogens is 344 g/mol. The molecule has 1 aliphatic rings. The van der Waals surface area contributed by atoms with Crippen LogP contribution in [0.25, 0.3) is 17.1 Å². The highest BCUT2D eigenvalue weighted by Gasteiger charge is 2.33. The van der Waals surface area contributed by atoms with E-state index in [0.717, 1.165) is 29.8 Å². The summed E-state index contributed by atoms with van der Waals surface area (Å²) in [6, 6.07) is 10.6. The first-order valence-electron chi connectivity index (χ1n) is 8.75. The molecule has 0 saturated carbocycles. The van der Waals surface area contributed by atoms with Gasteiger partial charge >= 0.3 is 6.03 Å². The van der Waals surface area contributed by atoms with Crippen molar-refractivity contribution in [1.82, 2.24) is 24.6 Å². The van der Waals surface area contributed by atoms with Crippen LogP contribution in [0.15, 0.2) is 48.8 Å². The number of nitrogens with zero attached hydrogens (tertiary/aromatic N) is 5. The number of amides is 2. The first-order valence-corrected chi connectivity index (χ1v) is 8.75. The number of carbonyl (C=O) groups is 1.